The number of carbonyl (C=O) groups is 4. The Balaban J connectivity index is 2.22. The fourth-order valence-electron chi connectivity index (χ4n) is 3.26. The second kappa shape index (κ2) is 18.0. The van der Waals surface area contributed by atoms with Crippen LogP contribution in [0, 0.1) is 6.92 Å². The zero-order valence-corrected chi connectivity index (χ0v) is 20.7. The zero-order chi connectivity index (χ0) is 25.9. The highest BCUT2D eigenvalue weighted by Gasteiger charge is 2.08. The second-order valence-electron chi connectivity index (χ2n) is 8.20. The third kappa shape index (κ3) is 14.4. The van der Waals surface area contributed by atoms with Crippen LogP contribution in [0.3, 0.4) is 0 Å². The summed E-state index contributed by atoms with van der Waals surface area (Å²) in [6.07, 6.45) is 9.70. The molecule has 0 aromatic heterocycles. The number of hydrogen-bond acceptors (Lipinski definition) is 6. The third-order valence-corrected chi connectivity index (χ3v) is 5.20. The lowest BCUT2D eigenvalue weighted by Crippen LogP contribution is -2.13. The highest BCUT2D eigenvalue weighted by Crippen LogP contribution is 2.20. The highest BCUT2D eigenvalue weighted by atomic mass is 16.5. The first-order valence-electron chi connectivity index (χ1n) is 12.1. The number of ether oxygens (including phenoxy) is 2. The van der Waals surface area contributed by atoms with Gasteiger partial charge in [0.1, 0.15) is 0 Å². The Kier molecular flexibility index (Phi) is 15.2. The minimum absolute atomic E-state index is 0.0535. The Hall–Kier alpha value is -3.42. The quantitative estimate of drug-likeness (QED) is 0.167. The van der Waals surface area contributed by atoms with Crippen molar-refractivity contribution >= 4 is 35.1 Å². The lowest BCUT2D eigenvalue weighted by molar-refractivity contribution is -0.138. The number of aryl methyl sites for hydroxylation is 1. The molecule has 0 saturated heterocycles. The lowest BCUT2D eigenvalue weighted by atomic mass is 10.1. The molecule has 0 radical (unpaired) electrons. The number of rotatable bonds is 18. The number of nitrogens with one attached hydrogen (secondary N) is 2. The Morgan fingerprint density at radius 2 is 1.23 bits per heavy atom. The smallest absolute Gasteiger partial charge is 0.330 e. The van der Waals surface area contributed by atoms with Crippen molar-refractivity contribution in [3.05, 3.63) is 49.1 Å². The van der Waals surface area contributed by atoms with Gasteiger partial charge in [0.2, 0.25) is 11.8 Å². The van der Waals surface area contributed by atoms with Crippen LogP contribution in [-0.2, 0) is 28.7 Å². The zero-order valence-electron chi connectivity index (χ0n) is 20.7. The van der Waals surface area contributed by atoms with Crippen molar-refractivity contribution in [2.24, 2.45) is 0 Å². The van der Waals surface area contributed by atoms with Gasteiger partial charge in [-0.3, -0.25) is 9.59 Å². The van der Waals surface area contributed by atoms with Crippen LogP contribution in [-0.4, -0.2) is 37.0 Å². The van der Waals surface area contributed by atoms with Crippen LogP contribution in [0.1, 0.15) is 69.8 Å². The van der Waals surface area contributed by atoms with Crippen LogP contribution in [0.25, 0.3) is 0 Å². The third-order valence-electron chi connectivity index (χ3n) is 5.20. The SMILES string of the molecule is C=CC(=O)OCCCCCCC(=O)Nc1ccc(NC(=O)CCCCCCOC(=O)C=C)c(C)c1. The summed E-state index contributed by atoms with van der Waals surface area (Å²) in [6, 6.07) is 5.41. The van der Waals surface area contributed by atoms with Gasteiger partial charge < -0.3 is 20.1 Å². The van der Waals surface area contributed by atoms with E-state index in [2.05, 4.69) is 23.8 Å². The summed E-state index contributed by atoms with van der Waals surface area (Å²) in [5.74, 6) is -0.939. The number of esters is 2. The number of amides is 2. The highest BCUT2D eigenvalue weighted by molar-refractivity contribution is 5.93. The van der Waals surface area contributed by atoms with Gasteiger partial charge in [0, 0.05) is 36.4 Å². The molecule has 0 saturated carbocycles. The van der Waals surface area contributed by atoms with Crippen molar-refractivity contribution in [2.75, 3.05) is 23.8 Å². The molecule has 192 valence electrons. The average Bonchev–Trinajstić information content (AvgIpc) is 2.84. The number of unbranched alkanes of at least 4 members (excludes halogenated alkanes) is 6. The van der Waals surface area contributed by atoms with E-state index >= 15 is 0 Å². The standard InChI is InChI=1S/C27H38N2O6/c1-4-26(32)34-18-12-8-6-10-14-24(30)28-22-16-17-23(21(3)20-22)29-25(31)15-11-7-9-13-19-35-27(33)5-2/h4-5,16-17,20H,1-2,6-15,18-19H2,3H3,(H,28,30)(H,29,31). The van der Waals surface area contributed by atoms with E-state index in [4.69, 9.17) is 9.47 Å². The predicted octanol–water partition coefficient (Wildman–Crippen LogP) is 5.23. The maximum absolute atomic E-state index is 12.2. The van der Waals surface area contributed by atoms with Crippen molar-refractivity contribution in [1.82, 2.24) is 0 Å². The topological polar surface area (TPSA) is 111 Å². The fourth-order valence-corrected chi connectivity index (χ4v) is 3.26. The molecule has 8 nitrogen and oxygen atoms in total. The van der Waals surface area contributed by atoms with Crippen molar-refractivity contribution in [2.45, 2.75) is 71.1 Å². The van der Waals surface area contributed by atoms with Gasteiger partial charge in [0.05, 0.1) is 13.2 Å². The summed E-state index contributed by atoms with van der Waals surface area (Å²) in [7, 11) is 0. The van der Waals surface area contributed by atoms with Gasteiger partial charge in [-0.15, -0.1) is 0 Å². The molecule has 0 heterocycles. The van der Waals surface area contributed by atoms with Crippen LogP contribution in [0.5, 0.6) is 0 Å². The maximum atomic E-state index is 12.2. The first-order chi connectivity index (χ1) is 16.8. The molecule has 0 bridgehead atoms. The number of carbonyl (C=O) groups excluding carboxylic acids is 4. The lowest BCUT2D eigenvalue weighted by Gasteiger charge is -2.11. The van der Waals surface area contributed by atoms with E-state index in [0.29, 0.717) is 31.7 Å². The molecule has 8 heteroatoms. The molecular weight excluding hydrogens is 448 g/mol. The molecule has 0 aliphatic heterocycles. The predicted molar refractivity (Wildman–Crippen MR) is 137 cm³/mol. The molecule has 2 N–H and O–H groups in total. The Morgan fingerprint density at radius 1 is 0.743 bits per heavy atom. The number of anilines is 2. The molecule has 0 atom stereocenters. The summed E-state index contributed by atoms with van der Waals surface area (Å²) in [6.45, 7) is 9.31. The van der Waals surface area contributed by atoms with E-state index in [1.165, 1.54) is 0 Å². The van der Waals surface area contributed by atoms with Crippen molar-refractivity contribution in [3.8, 4) is 0 Å². The summed E-state index contributed by atoms with van der Waals surface area (Å²) < 4.78 is 9.82. The molecule has 1 rings (SSSR count). The van der Waals surface area contributed by atoms with Crippen molar-refractivity contribution in [1.29, 1.82) is 0 Å². The normalized spacial score (nSPS) is 10.2. The van der Waals surface area contributed by atoms with E-state index < -0.39 is 11.9 Å². The van der Waals surface area contributed by atoms with Crippen LogP contribution in [0.2, 0.25) is 0 Å². The Labute approximate surface area is 208 Å². The Bertz CT molecular complexity index is 865. The fraction of sp³-hybridized carbons (Fsp3) is 0.481. The minimum Gasteiger partial charge on any atom is -0.463 e. The average molecular weight is 487 g/mol. The molecular formula is C27H38N2O6. The maximum Gasteiger partial charge on any atom is 0.330 e. The van der Waals surface area contributed by atoms with Crippen LogP contribution >= 0.6 is 0 Å². The molecule has 35 heavy (non-hydrogen) atoms. The minimum atomic E-state index is -0.414. The molecule has 2 amide bonds. The summed E-state index contributed by atoms with van der Waals surface area (Å²) in [4.78, 5) is 46.3. The summed E-state index contributed by atoms with van der Waals surface area (Å²) >= 11 is 0. The van der Waals surface area contributed by atoms with E-state index in [1.807, 2.05) is 13.0 Å². The van der Waals surface area contributed by atoms with Crippen molar-refractivity contribution < 1.29 is 28.7 Å². The number of hydrogen-bond donors (Lipinski definition) is 2. The second-order valence-corrected chi connectivity index (χ2v) is 8.20. The molecule has 0 fully saturated rings. The molecule has 0 aliphatic carbocycles. The molecule has 0 spiro atoms. The largest absolute Gasteiger partial charge is 0.463 e. The van der Waals surface area contributed by atoms with Gasteiger partial charge in [0.15, 0.2) is 0 Å². The molecule has 0 unspecified atom stereocenters. The first-order valence-corrected chi connectivity index (χ1v) is 12.1. The van der Waals surface area contributed by atoms with Gasteiger partial charge in [-0.2, -0.15) is 0 Å². The van der Waals surface area contributed by atoms with Crippen LogP contribution in [0.15, 0.2) is 43.5 Å². The van der Waals surface area contributed by atoms with Gasteiger partial charge in [-0.1, -0.05) is 38.8 Å². The summed E-state index contributed by atoms with van der Waals surface area (Å²) in [5, 5.41) is 5.80. The van der Waals surface area contributed by atoms with Gasteiger partial charge in [-0.25, -0.2) is 9.59 Å². The van der Waals surface area contributed by atoms with E-state index in [0.717, 1.165) is 74.8 Å². The van der Waals surface area contributed by atoms with E-state index in [-0.39, 0.29) is 11.8 Å². The molecule has 1 aromatic carbocycles. The summed E-state index contributed by atoms with van der Waals surface area (Å²) in [5.41, 5.74) is 2.29. The Morgan fingerprint density at radius 3 is 1.71 bits per heavy atom. The monoisotopic (exact) mass is 486 g/mol. The van der Waals surface area contributed by atoms with Crippen LogP contribution < -0.4 is 10.6 Å². The van der Waals surface area contributed by atoms with Gasteiger partial charge in [0.25, 0.3) is 0 Å². The van der Waals surface area contributed by atoms with Crippen molar-refractivity contribution in [3.63, 3.8) is 0 Å². The van der Waals surface area contributed by atoms with Gasteiger partial charge in [-0.05, 0) is 56.4 Å². The van der Waals surface area contributed by atoms with E-state index in [1.54, 1.807) is 12.1 Å². The molecule has 0 aliphatic rings. The number of benzene rings is 1. The first kappa shape index (κ1) is 29.6. The van der Waals surface area contributed by atoms with E-state index in [9.17, 15) is 19.2 Å². The van der Waals surface area contributed by atoms with Gasteiger partial charge >= 0.3 is 11.9 Å². The molecule has 1 aromatic rings. The van der Waals surface area contributed by atoms with Crippen LogP contribution in [0.4, 0.5) is 11.4 Å².